The summed E-state index contributed by atoms with van der Waals surface area (Å²) in [6.45, 7) is 5.26. The fourth-order valence-corrected chi connectivity index (χ4v) is 1.53. The van der Waals surface area contributed by atoms with Gasteiger partial charge in [0.2, 0.25) is 5.88 Å². The van der Waals surface area contributed by atoms with Crippen LogP contribution < -0.4 is 10.5 Å². The van der Waals surface area contributed by atoms with Crippen molar-refractivity contribution in [1.29, 1.82) is 0 Å². The molecule has 0 bridgehead atoms. The average molecular weight is 232 g/mol. The number of nitrogens with zero attached hydrogens (tertiary/aromatic N) is 3. The maximum atomic E-state index is 5.61. The zero-order chi connectivity index (χ0) is 12.3. The Labute approximate surface area is 100 Å². The summed E-state index contributed by atoms with van der Waals surface area (Å²) in [5, 5.41) is 4.13. The highest BCUT2D eigenvalue weighted by Crippen LogP contribution is 2.19. The minimum Gasteiger partial charge on any atom is -0.436 e. The second-order valence-corrected chi connectivity index (χ2v) is 3.73. The van der Waals surface area contributed by atoms with Crippen LogP contribution in [-0.2, 0) is 13.1 Å². The minimum atomic E-state index is 0.493. The molecule has 2 heterocycles. The van der Waals surface area contributed by atoms with Crippen LogP contribution in [0.15, 0.2) is 24.5 Å². The van der Waals surface area contributed by atoms with Crippen LogP contribution in [0.5, 0.6) is 11.6 Å². The van der Waals surface area contributed by atoms with Gasteiger partial charge in [0.05, 0.1) is 12.4 Å². The molecule has 0 radical (unpaired) electrons. The highest BCUT2D eigenvalue weighted by Gasteiger charge is 2.04. The minimum absolute atomic E-state index is 0.493. The highest BCUT2D eigenvalue weighted by molar-refractivity contribution is 5.28. The zero-order valence-electron chi connectivity index (χ0n) is 10.1. The first-order valence-corrected chi connectivity index (χ1v) is 5.60. The molecule has 0 unspecified atom stereocenters. The van der Waals surface area contributed by atoms with Gasteiger partial charge in [0.1, 0.15) is 0 Å². The van der Waals surface area contributed by atoms with Crippen molar-refractivity contribution in [1.82, 2.24) is 14.8 Å². The summed E-state index contributed by atoms with van der Waals surface area (Å²) in [6.07, 6.45) is 3.52. The Balaban J connectivity index is 2.15. The number of hydrogen-bond acceptors (Lipinski definition) is 4. The molecular formula is C12H16N4O. The quantitative estimate of drug-likeness (QED) is 0.873. The maximum Gasteiger partial charge on any atom is 0.219 e. The smallest absolute Gasteiger partial charge is 0.219 e. The number of pyridine rings is 1. The van der Waals surface area contributed by atoms with Crippen molar-refractivity contribution < 1.29 is 4.74 Å². The standard InChI is InChI=1S/C12H16N4O/c1-3-16-8-11(7-14-16)17-12-5-4-10(6-13)9(2)15-12/h4-5,7-8H,3,6,13H2,1-2H3. The van der Waals surface area contributed by atoms with Gasteiger partial charge in [-0.05, 0) is 19.4 Å². The normalized spacial score (nSPS) is 10.5. The van der Waals surface area contributed by atoms with E-state index in [9.17, 15) is 0 Å². The van der Waals surface area contributed by atoms with E-state index in [0.29, 0.717) is 18.2 Å². The molecule has 17 heavy (non-hydrogen) atoms. The Morgan fingerprint density at radius 2 is 2.24 bits per heavy atom. The monoisotopic (exact) mass is 232 g/mol. The van der Waals surface area contributed by atoms with Gasteiger partial charge in [0.15, 0.2) is 5.75 Å². The number of nitrogens with two attached hydrogens (primary N) is 1. The van der Waals surface area contributed by atoms with Crippen LogP contribution in [0.4, 0.5) is 0 Å². The Kier molecular flexibility index (Phi) is 3.39. The molecule has 0 aliphatic carbocycles. The summed E-state index contributed by atoms with van der Waals surface area (Å²) in [7, 11) is 0. The first-order valence-electron chi connectivity index (χ1n) is 5.60. The third kappa shape index (κ3) is 2.62. The van der Waals surface area contributed by atoms with Crippen molar-refractivity contribution in [3.8, 4) is 11.6 Å². The summed E-state index contributed by atoms with van der Waals surface area (Å²) in [4.78, 5) is 4.34. The van der Waals surface area contributed by atoms with Gasteiger partial charge in [-0.3, -0.25) is 4.68 Å². The molecule has 0 spiro atoms. The molecule has 90 valence electrons. The Morgan fingerprint density at radius 1 is 1.41 bits per heavy atom. The highest BCUT2D eigenvalue weighted by atomic mass is 16.5. The van der Waals surface area contributed by atoms with E-state index in [2.05, 4.69) is 10.1 Å². The first kappa shape index (κ1) is 11.6. The molecule has 0 aliphatic rings. The molecule has 5 heteroatoms. The van der Waals surface area contributed by atoms with Crippen LogP contribution >= 0.6 is 0 Å². The summed E-state index contributed by atoms with van der Waals surface area (Å²) < 4.78 is 7.41. The second kappa shape index (κ2) is 4.97. The Hall–Kier alpha value is -1.88. The second-order valence-electron chi connectivity index (χ2n) is 3.73. The van der Waals surface area contributed by atoms with Crippen LogP contribution in [0.1, 0.15) is 18.2 Å². The van der Waals surface area contributed by atoms with Crippen molar-refractivity contribution in [3.63, 3.8) is 0 Å². The first-order chi connectivity index (χ1) is 8.22. The fraction of sp³-hybridized carbons (Fsp3) is 0.333. The molecule has 2 aromatic heterocycles. The van der Waals surface area contributed by atoms with Crippen LogP contribution in [0.25, 0.3) is 0 Å². The lowest BCUT2D eigenvalue weighted by Gasteiger charge is -2.05. The molecule has 0 fully saturated rings. The maximum absolute atomic E-state index is 5.61. The molecule has 2 rings (SSSR count). The average Bonchev–Trinajstić information content (AvgIpc) is 2.77. The number of hydrogen-bond donors (Lipinski definition) is 1. The number of rotatable bonds is 4. The van der Waals surface area contributed by atoms with Gasteiger partial charge in [-0.2, -0.15) is 5.10 Å². The van der Waals surface area contributed by atoms with Gasteiger partial charge in [0.25, 0.3) is 0 Å². The van der Waals surface area contributed by atoms with E-state index in [1.807, 2.05) is 32.2 Å². The largest absolute Gasteiger partial charge is 0.436 e. The fourth-order valence-electron chi connectivity index (χ4n) is 1.53. The molecule has 0 saturated heterocycles. The van der Waals surface area contributed by atoms with Crippen molar-refractivity contribution in [2.24, 2.45) is 5.73 Å². The molecule has 2 N–H and O–H groups in total. The van der Waals surface area contributed by atoms with Gasteiger partial charge in [-0.15, -0.1) is 0 Å². The van der Waals surface area contributed by atoms with Gasteiger partial charge >= 0.3 is 0 Å². The van der Waals surface area contributed by atoms with E-state index in [-0.39, 0.29) is 0 Å². The van der Waals surface area contributed by atoms with Crippen LogP contribution in [0.2, 0.25) is 0 Å². The number of aryl methyl sites for hydroxylation is 2. The van der Waals surface area contributed by atoms with E-state index in [4.69, 9.17) is 10.5 Å². The molecule has 0 saturated carbocycles. The van der Waals surface area contributed by atoms with Crippen molar-refractivity contribution in [2.45, 2.75) is 26.9 Å². The molecular weight excluding hydrogens is 216 g/mol. The lowest BCUT2D eigenvalue weighted by atomic mass is 10.2. The van der Waals surface area contributed by atoms with Crippen LogP contribution in [0, 0.1) is 6.92 Å². The Morgan fingerprint density at radius 3 is 2.82 bits per heavy atom. The van der Waals surface area contributed by atoms with E-state index in [0.717, 1.165) is 17.8 Å². The van der Waals surface area contributed by atoms with Gasteiger partial charge in [-0.1, -0.05) is 6.07 Å². The summed E-state index contributed by atoms with van der Waals surface area (Å²) in [5.41, 5.74) is 7.51. The lowest BCUT2D eigenvalue weighted by molar-refractivity contribution is 0.460. The van der Waals surface area contributed by atoms with Crippen molar-refractivity contribution >= 4 is 0 Å². The topological polar surface area (TPSA) is 66.0 Å². The predicted octanol–water partition coefficient (Wildman–Crippen LogP) is 1.86. The molecule has 5 nitrogen and oxygen atoms in total. The van der Waals surface area contributed by atoms with Gasteiger partial charge in [0, 0.05) is 24.8 Å². The predicted molar refractivity (Wildman–Crippen MR) is 64.8 cm³/mol. The van der Waals surface area contributed by atoms with Gasteiger partial charge in [-0.25, -0.2) is 4.98 Å². The zero-order valence-corrected chi connectivity index (χ0v) is 10.1. The lowest BCUT2D eigenvalue weighted by Crippen LogP contribution is -2.01. The van der Waals surface area contributed by atoms with E-state index >= 15 is 0 Å². The third-order valence-corrected chi connectivity index (χ3v) is 2.55. The molecule has 2 aromatic rings. The summed E-state index contributed by atoms with van der Waals surface area (Å²) in [6, 6.07) is 3.75. The number of ether oxygens (including phenoxy) is 1. The number of aromatic nitrogens is 3. The molecule has 0 atom stereocenters. The SMILES string of the molecule is CCn1cc(Oc2ccc(CN)c(C)n2)cn1. The molecule has 0 amide bonds. The third-order valence-electron chi connectivity index (χ3n) is 2.55. The molecule has 0 aliphatic heterocycles. The summed E-state index contributed by atoms with van der Waals surface area (Å²) in [5.74, 6) is 1.26. The van der Waals surface area contributed by atoms with E-state index < -0.39 is 0 Å². The van der Waals surface area contributed by atoms with Crippen LogP contribution in [-0.4, -0.2) is 14.8 Å². The van der Waals surface area contributed by atoms with Crippen LogP contribution in [0.3, 0.4) is 0 Å². The Bertz CT molecular complexity index is 507. The van der Waals surface area contributed by atoms with E-state index in [1.54, 1.807) is 10.9 Å². The molecule has 0 aromatic carbocycles. The van der Waals surface area contributed by atoms with Crippen molar-refractivity contribution in [2.75, 3.05) is 0 Å². The van der Waals surface area contributed by atoms with Crippen molar-refractivity contribution in [3.05, 3.63) is 35.8 Å². The van der Waals surface area contributed by atoms with E-state index in [1.165, 1.54) is 0 Å². The van der Waals surface area contributed by atoms with Gasteiger partial charge < -0.3 is 10.5 Å². The summed E-state index contributed by atoms with van der Waals surface area (Å²) >= 11 is 0.